The van der Waals surface area contributed by atoms with Crippen LogP contribution in [0.1, 0.15) is 36.3 Å². The number of aromatic nitrogens is 3. The summed E-state index contributed by atoms with van der Waals surface area (Å²) in [6.07, 6.45) is 6.95. The van der Waals surface area contributed by atoms with Crippen molar-refractivity contribution in [2.75, 3.05) is 0 Å². The Morgan fingerprint density at radius 2 is 1.75 bits per heavy atom. The van der Waals surface area contributed by atoms with E-state index in [0.717, 1.165) is 34.8 Å². The molecule has 0 atom stereocenters. The summed E-state index contributed by atoms with van der Waals surface area (Å²) in [5.41, 5.74) is 3.53. The third-order valence-corrected chi connectivity index (χ3v) is 4.51. The molecule has 0 unspecified atom stereocenters. The zero-order valence-electron chi connectivity index (χ0n) is 13.9. The third-order valence-electron chi connectivity index (χ3n) is 4.51. The highest BCUT2D eigenvalue weighted by molar-refractivity contribution is 6.04. The molecule has 4 rings (SSSR count). The van der Waals surface area contributed by atoms with Gasteiger partial charge in [0.05, 0.1) is 5.69 Å². The molecule has 0 fully saturated rings. The van der Waals surface area contributed by atoms with Crippen molar-refractivity contribution >= 4 is 5.78 Å². The van der Waals surface area contributed by atoms with Crippen LogP contribution in [0.25, 0.3) is 17.1 Å². The smallest absolute Gasteiger partial charge is 0.165 e. The van der Waals surface area contributed by atoms with Crippen molar-refractivity contribution in [2.45, 2.75) is 26.7 Å². The van der Waals surface area contributed by atoms with Crippen molar-refractivity contribution in [3.8, 4) is 17.1 Å². The summed E-state index contributed by atoms with van der Waals surface area (Å²) in [4.78, 5) is 21.8. The van der Waals surface area contributed by atoms with Crippen LogP contribution in [-0.2, 0) is 6.42 Å². The minimum Gasteiger partial charge on any atom is -0.304 e. The lowest BCUT2D eigenvalue weighted by Gasteiger charge is -2.29. The topological polar surface area (TPSA) is 47.8 Å². The van der Waals surface area contributed by atoms with E-state index in [1.807, 2.05) is 42.6 Å². The number of Topliss-reactive ketones (excluding diaryl/α,β-unsaturated/α-hetero) is 1. The largest absolute Gasteiger partial charge is 0.304 e. The van der Waals surface area contributed by atoms with Gasteiger partial charge in [0.2, 0.25) is 0 Å². The first-order valence-electron chi connectivity index (χ1n) is 8.15. The third kappa shape index (κ3) is 2.44. The average molecular weight is 317 g/mol. The van der Waals surface area contributed by atoms with Gasteiger partial charge < -0.3 is 4.57 Å². The molecule has 0 bridgehead atoms. The second-order valence-corrected chi connectivity index (χ2v) is 7.08. The van der Waals surface area contributed by atoms with Crippen molar-refractivity contribution in [3.63, 3.8) is 0 Å². The molecule has 1 aliphatic rings. The molecular weight excluding hydrogens is 298 g/mol. The number of pyridine rings is 2. The predicted molar refractivity (Wildman–Crippen MR) is 93.2 cm³/mol. The Morgan fingerprint density at radius 3 is 2.42 bits per heavy atom. The van der Waals surface area contributed by atoms with Gasteiger partial charge in [-0.25, -0.2) is 4.98 Å². The molecule has 0 N–H and O–H groups in total. The van der Waals surface area contributed by atoms with Crippen molar-refractivity contribution in [2.24, 2.45) is 5.41 Å². The fraction of sp³-hybridized carbons (Fsp3) is 0.250. The maximum Gasteiger partial charge on any atom is 0.165 e. The first-order valence-corrected chi connectivity index (χ1v) is 8.15. The molecule has 0 spiro atoms. The maximum absolute atomic E-state index is 12.9. The van der Waals surface area contributed by atoms with Gasteiger partial charge in [0, 0.05) is 41.8 Å². The van der Waals surface area contributed by atoms with E-state index in [4.69, 9.17) is 0 Å². The number of carbonyl (C=O) groups is 1. The highest BCUT2D eigenvalue weighted by atomic mass is 16.1. The summed E-state index contributed by atoms with van der Waals surface area (Å²) in [6.45, 7) is 4.29. The first-order chi connectivity index (χ1) is 11.6. The van der Waals surface area contributed by atoms with Crippen molar-refractivity contribution < 1.29 is 4.79 Å². The van der Waals surface area contributed by atoms with Crippen LogP contribution < -0.4 is 0 Å². The van der Waals surface area contributed by atoms with Crippen LogP contribution in [-0.4, -0.2) is 20.3 Å². The van der Waals surface area contributed by atoms with Gasteiger partial charge >= 0.3 is 0 Å². The number of hydrogen-bond donors (Lipinski definition) is 0. The molecule has 0 radical (unpaired) electrons. The van der Waals surface area contributed by atoms with Crippen LogP contribution in [0.4, 0.5) is 0 Å². The van der Waals surface area contributed by atoms with Crippen LogP contribution in [0, 0.1) is 5.41 Å². The monoisotopic (exact) mass is 317 g/mol. The van der Waals surface area contributed by atoms with E-state index in [-0.39, 0.29) is 11.2 Å². The second-order valence-electron chi connectivity index (χ2n) is 7.08. The van der Waals surface area contributed by atoms with E-state index in [1.165, 1.54) is 0 Å². The summed E-state index contributed by atoms with van der Waals surface area (Å²) in [7, 11) is 0. The Balaban J connectivity index is 1.98. The molecule has 1 aliphatic carbocycles. The van der Waals surface area contributed by atoms with E-state index >= 15 is 0 Å². The lowest BCUT2D eigenvalue weighted by atomic mass is 9.75. The number of ketones is 1. The van der Waals surface area contributed by atoms with E-state index in [2.05, 4.69) is 28.4 Å². The number of carbonyl (C=O) groups excluding carboxylic acids is 1. The minimum atomic E-state index is -0.0453. The van der Waals surface area contributed by atoms with Gasteiger partial charge in [0.25, 0.3) is 0 Å². The highest BCUT2D eigenvalue weighted by Gasteiger charge is 2.36. The number of fused-ring (bicyclic) bond motifs is 1. The van der Waals surface area contributed by atoms with Crippen LogP contribution >= 0.6 is 0 Å². The number of hydrogen-bond acceptors (Lipinski definition) is 3. The molecule has 3 aromatic heterocycles. The molecule has 0 saturated carbocycles. The minimum absolute atomic E-state index is 0.0453. The summed E-state index contributed by atoms with van der Waals surface area (Å²) >= 11 is 0. The zero-order valence-corrected chi connectivity index (χ0v) is 13.9. The highest BCUT2D eigenvalue weighted by Crippen LogP contribution is 2.40. The van der Waals surface area contributed by atoms with Crippen LogP contribution in [0.3, 0.4) is 0 Å². The molecule has 120 valence electrons. The summed E-state index contributed by atoms with van der Waals surface area (Å²) in [6, 6.07) is 11.6. The normalized spacial score (nSPS) is 16.0. The van der Waals surface area contributed by atoms with Crippen LogP contribution in [0.15, 0.2) is 55.0 Å². The molecule has 4 heteroatoms. The fourth-order valence-electron chi connectivity index (χ4n) is 3.49. The van der Waals surface area contributed by atoms with E-state index in [0.29, 0.717) is 6.42 Å². The van der Waals surface area contributed by atoms with Gasteiger partial charge in [0.15, 0.2) is 5.78 Å². The summed E-state index contributed by atoms with van der Waals surface area (Å²) < 4.78 is 2.05. The van der Waals surface area contributed by atoms with Gasteiger partial charge in [-0.2, -0.15) is 0 Å². The Bertz CT molecular complexity index is 895. The second kappa shape index (κ2) is 5.41. The van der Waals surface area contributed by atoms with Gasteiger partial charge in [0.1, 0.15) is 5.82 Å². The quantitative estimate of drug-likeness (QED) is 0.715. The molecule has 0 amide bonds. The molecular formula is C20H19N3O. The van der Waals surface area contributed by atoms with Crippen LogP contribution in [0.5, 0.6) is 0 Å². The van der Waals surface area contributed by atoms with E-state index in [1.54, 1.807) is 12.4 Å². The Morgan fingerprint density at radius 1 is 1.00 bits per heavy atom. The predicted octanol–water partition coefficient (Wildman–Crippen LogP) is 4.09. The van der Waals surface area contributed by atoms with Crippen LogP contribution in [0.2, 0.25) is 0 Å². The maximum atomic E-state index is 12.9. The zero-order chi connectivity index (χ0) is 16.7. The summed E-state index contributed by atoms with van der Waals surface area (Å²) in [5.74, 6) is 1.03. The SMILES string of the molecule is CC1(C)CC(=O)c2c(-c3ccccn3)cn(-c3ccccn3)c2C1. The Kier molecular flexibility index (Phi) is 3.34. The molecule has 0 aliphatic heterocycles. The Labute approximate surface area is 141 Å². The van der Waals surface area contributed by atoms with Crippen molar-refractivity contribution in [1.82, 2.24) is 14.5 Å². The first kappa shape index (κ1) is 14.8. The van der Waals surface area contributed by atoms with Gasteiger partial charge in [-0.1, -0.05) is 26.0 Å². The fourth-order valence-corrected chi connectivity index (χ4v) is 3.49. The lowest BCUT2D eigenvalue weighted by Crippen LogP contribution is -2.28. The van der Waals surface area contributed by atoms with E-state index in [9.17, 15) is 4.79 Å². The molecule has 4 nitrogen and oxygen atoms in total. The van der Waals surface area contributed by atoms with Crippen molar-refractivity contribution in [3.05, 3.63) is 66.2 Å². The molecule has 3 aromatic rings. The molecule has 3 heterocycles. The molecule has 24 heavy (non-hydrogen) atoms. The lowest BCUT2D eigenvalue weighted by molar-refractivity contribution is 0.0911. The average Bonchev–Trinajstić information content (AvgIpc) is 2.95. The van der Waals surface area contributed by atoms with Crippen molar-refractivity contribution in [1.29, 1.82) is 0 Å². The standard InChI is InChI=1S/C20H19N3O/c1-20(2)11-16-19(17(24)12-20)14(15-7-3-5-9-21-15)13-23(16)18-8-4-6-10-22-18/h3-10,13H,11-12H2,1-2H3. The van der Waals surface area contributed by atoms with Gasteiger partial charge in [-0.3, -0.25) is 9.78 Å². The van der Waals surface area contributed by atoms with Gasteiger partial charge in [-0.15, -0.1) is 0 Å². The number of nitrogens with zero attached hydrogens (tertiary/aromatic N) is 3. The molecule has 0 saturated heterocycles. The van der Waals surface area contributed by atoms with Gasteiger partial charge in [-0.05, 0) is 36.1 Å². The Hall–Kier alpha value is -2.75. The summed E-state index contributed by atoms with van der Waals surface area (Å²) in [5, 5.41) is 0. The number of rotatable bonds is 2. The molecule has 0 aromatic carbocycles. The van der Waals surface area contributed by atoms with E-state index < -0.39 is 0 Å².